The molecule has 2 heterocycles. The molecule has 6 heteroatoms. The van der Waals surface area contributed by atoms with Gasteiger partial charge in [-0.2, -0.15) is 0 Å². The van der Waals surface area contributed by atoms with Crippen LogP contribution in [0.3, 0.4) is 0 Å². The van der Waals surface area contributed by atoms with Crippen molar-refractivity contribution in [2.45, 2.75) is 19.4 Å². The number of likely N-dealkylation sites (tertiary alicyclic amines) is 1. The van der Waals surface area contributed by atoms with Crippen LogP contribution in [0, 0.1) is 22.0 Å². The molecule has 0 aromatic heterocycles. The van der Waals surface area contributed by atoms with Crippen molar-refractivity contribution in [3.05, 3.63) is 39.9 Å². The van der Waals surface area contributed by atoms with E-state index in [1.807, 2.05) is 4.90 Å². The third-order valence-electron chi connectivity index (χ3n) is 4.93. The van der Waals surface area contributed by atoms with Crippen molar-refractivity contribution in [3.63, 3.8) is 0 Å². The first-order valence-corrected chi connectivity index (χ1v) is 7.18. The van der Waals surface area contributed by atoms with Crippen LogP contribution < -0.4 is 5.32 Å². The number of benzene rings is 1. The van der Waals surface area contributed by atoms with E-state index in [1.165, 1.54) is 12.1 Å². The summed E-state index contributed by atoms with van der Waals surface area (Å²) in [6, 6.07) is 5.86. The summed E-state index contributed by atoms with van der Waals surface area (Å²) in [7, 11) is 0. The highest BCUT2D eigenvalue weighted by molar-refractivity contribution is 5.95. The quantitative estimate of drug-likeness (QED) is 0.663. The fraction of sp³-hybridized carbons (Fsp3) is 0.533. The molecule has 2 aliphatic heterocycles. The number of nitrogens with zero attached hydrogens (tertiary/aromatic N) is 2. The number of amides is 1. The second kappa shape index (κ2) is 4.80. The van der Waals surface area contributed by atoms with Crippen LogP contribution in [-0.4, -0.2) is 40.9 Å². The molecule has 0 bridgehead atoms. The first kappa shape index (κ1) is 14.0. The zero-order valence-corrected chi connectivity index (χ0v) is 12.2. The summed E-state index contributed by atoms with van der Waals surface area (Å²) in [5.74, 6) is 0.936. The molecule has 0 radical (unpaired) electrons. The van der Waals surface area contributed by atoms with Crippen LogP contribution in [0.4, 0.5) is 5.69 Å². The van der Waals surface area contributed by atoms with E-state index >= 15 is 0 Å². The number of carbonyl (C=O) groups is 1. The molecule has 0 spiro atoms. The van der Waals surface area contributed by atoms with E-state index in [4.69, 9.17) is 0 Å². The van der Waals surface area contributed by atoms with Crippen LogP contribution in [0.25, 0.3) is 0 Å². The summed E-state index contributed by atoms with van der Waals surface area (Å²) in [6.45, 7) is 6.86. The first-order valence-electron chi connectivity index (χ1n) is 7.18. The third-order valence-corrected chi connectivity index (χ3v) is 4.93. The second-order valence-electron chi connectivity index (χ2n) is 6.40. The van der Waals surface area contributed by atoms with E-state index in [0.717, 1.165) is 19.6 Å². The van der Waals surface area contributed by atoms with E-state index in [9.17, 15) is 14.9 Å². The molecule has 3 rings (SSSR count). The number of hydrogen-bond donors (Lipinski definition) is 1. The average molecular weight is 289 g/mol. The summed E-state index contributed by atoms with van der Waals surface area (Å²) >= 11 is 0. The zero-order chi connectivity index (χ0) is 15.2. The van der Waals surface area contributed by atoms with E-state index in [0.29, 0.717) is 17.4 Å². The molecule has 1 amide bonds. The van der Waals surface area contributed by atoms with Crippen LogP contribution in [0.1, 0.15) is 24.2 Å². The van der Waals surface area contributed by atoms with Crippen molar-refractivity contribution in [3.8, 4) is 0 Å². The maximum atomic E-state index is 12.7. The highest BCUT2D eigenvalue weighted by Crippen LogP contribution is 2.41. The Morgan fingerprint density at radius 2 is 2.00 bits per heavy atom. The predicted molar refractivity (Wildman–Crippen MR) is 78.1 cm³/mol. The number of nitro benzene ring substituents is 1. The van der Waals surface area contributed by atoms with Gasteiger partial charge in [0.05, 0.1) is 4.92 Å². The maximum Gasteiger partial charge on any atom is 0.269 e. The molecule has 2 atom stereocenters. The molecule has 2 unspecified atom stereocenters. The lowest BCUT2D eigenvalue weighted by Crippen LogP contribution is -2.47. The van der Waals surface area contributed by atoms with Crippen molar-refractivity contribution < 1.29 is 9.72 Å². The Kier molecular flexibility index (Phi) is 3.20. The van der Waals surface area contributed by atoms with Crippen LogP contribution in [0.5, 0.6) is 0 Å². The lowest BCUT2D eigenvalue weighted by atomic mass is 9.84. The van der Waals surface area contributed by atoms with Gasteiger partial charge in [0.1, 0.15) is 0 Å². The Morgan fingerprint density at radius 3 is 2.57 bits per heavy atom. The van der Waals surface area contributed by atoms with Gasteiger partial charge in [0.2, 0.25) is 0 Å². The largest absolute Gasteiger partial charge is 0.333 e. The van der Waals surface area contributed by atoms with Crippen molar-refractivity contribution in [1.29, 1.82) is 0 Å². The van der Waals surface area contributed by atoms with Gasteiger partial charge < -0.3 is 10.2 Å². The van der Waals surface area contributed by atoms with Crippen LogP contribution in [-0.2, 0) is 0 Å². The van der Waals surface area contributed by atoms with Gasteiger partial charge in [0.15, 0.2) is 0 Å². The number of rotatable bonds is 2. The summed E-state index contributed by atoms with van der Waals surface area (Å²) in [5.41, 5.74) is 0.336. The number of fused-ring (bicyclic) bond motifs is 1. The molecule has 2 fully saturated rings. The minimum Gasteiger partial charge on any atom is -0.333 e. The first-order chi connectivity index (χ1) is 9.91. The Hall–Kier alpha value is -1.95. The van der Waals surface area contributed by atoms with E-state index in [1.54, 1.807) is 12.1 Å². The maximum absolute atomic E-state index is 12.7. The minimum absolute atomic E-state index is 0.00769. The van der Waals surface area contributed by atoms with Crippen LogP contribution in [0.15, 0.2) is 24.3 Å². The molecule has 0 saturated carbocycles. The fourth-order valence-corrected chi connectivity index (χ4v) is 3.65. The number of hydrogen-bond acceptors (Lipinski definition) is 4. The monoisotopic (exact) mass is 289 g/mol. The highest BCUT2D eigenvalue weighted by Gasteiger charge is 2.51. The van der Waals surface area contributed by atoms with Crippen LogP contribution in [0.2, 0.25) is 0 Å². The Morgan fingerprint density at radius 1 is 1.33 bits per heavy atom. The van der Waals surface area contributed by atoms with Gasteiger partial charge in [-0.15, -0.1) is 0 Å². The molecular weight excluding hydrogens is 270 g/mol. The highest BCUT2D eigenvalue weighted by atomic mass is 16.6. The molecule has 6 nitrogen and oxygen atoms in total. The van der Waals surface area contributed by atoms with Crippen molar-refractivity contribution >= 4 is 11.6 Å². The van der Waals surface area contributed by atoms with E-state index in [-0.39, 0.29) is 17.1 Å². The smallest absolute Gasteiger partial charge is 0.269 e. The molecule has 2 saturated heterocycles. The Bertz CT molecular complexity index is 582. The SMILES string of the molecule is CC1(C)C2CNCC2CN1C(=O)c1ccc([N+](=O)[O-])cc1. The minimum atomic E-state index is -0.454. The summed E-state index contributed by atoms with van der Waals surface area (Å²) < 4.78 is 0. The second-order valence-corrected chi connectivity index (χ2v) is 6.40. The van der Waals surface area contributed by atoms with Crippen molar-refractivity contribution in [1.82, 2.24) is 10.2 Å². The molecule has 21 heavy (non-hydrogen) atoms. The van der Waals surface area contributed by atoms with E-state index < -0.39 is 4.92 Å². The molecule has 1 aromatic carbocycles. The number of non-ortho nitro benzene ring substituents is 1. The van der Waals surface area contributed by atoms with Gasteiger partial charge in [-0.1, -0.05) is 0 Å². The molecule has 112 valence electrons. The van der Waals surface area contributed by atoms with Crippen molar-refractivity contribution in [2.75, 3.05) is 19.6 Å². The lowest BCUT2D eigenvalue weighted by molar-refractivity contribution is -0.384. The Labute approximate surface area is 123 Å². The predicted octanol–water partition coefficient (Wildman–Crippen LogP) is 1.66. The lowest BCUT2D eigenvalue weighted by Gasteiger charge is -2.35. The standard InChI is InChI=1S/C15H19N3O3/c1-15(2)13-8-16-7-11(13)9-17(15)14(19)10-3-5-12(6-4-10)18(20)21/h3-6,11,13,16H,7-9H2,1-2H3. The van der Waals surface area contributed by atoms with Gasteiger partial charge in [-0.3, -0.25) is 14.9 Å². The summed E-state index contributed by atoms with van der Waals surface area (Å²) in [4.78, 5) is 24.9. The third kappa shape index (κ3) is 2.19. The number of nitrogens with one attached hydrogen (secondary N) is 1. The van der Waals surface area contributed by atoms with Gasteiger partial charge in [0.25, 0.3) is 11.6 Å². The van der Waals surface area contributed by atoms with Crippen LogP contribution >= 0.6 is 0 Å². The van der Waals surface area contributed by atoms with Crippen molar-refractivity contribution in [2.24, 2.45) is 11.8 Å². The zero-order valence-electron chi connectivity index (χ0n) is 12.2. The fourth-order valence-electron chi connectivity index (χ4n) is 3.65. The molecule has 1 N–H and O–H groups in total. The average Bonchev–Trinajstić information content (AvgIpc) is 3.01. The van der Waals surface area contributed by atoms with Gasteiger partial charge in [-0.05, 0) is 37.8 Å². The summed E-state index contributed by atoms with van der Waals surface area (Å²) in [6.07, 6.45) is 0. The van der Waals surface area contributed by atoms with Gasteiger partial charge in [-0.25, -0.2) is 0 Å². The van der Waals surface area contributed by atoms with E-state index in [2.05, 4.69) is 19.2 Å². The molecule has 1 aromatic rings. The number of carbonyl (C=O) groups excluding carboxylic acids is 1. The topological polar surface area (TPSA) is 75.5 Å². The summed E-state index contributed by atoms with van der Waals surface area (Å²) in [5, 5.41) is 14.1. The molecular formula is C15H19N3O3. The van der Waals surface area contributed by atoms with Gasteiger partial charge >= 0.3 is 0 Å². The normalized spacial score (nSPS) is 26.7. The number of nitro groups is 1. The Balaban J connectivity index is 1.83. The molecule has 0 aliphatic carbocycles. The van der Waals surface area contributed by atoms with Gasteiger partial charge in [0, 0.05) is 42.9 Å². The molecule has 2 aliphatic rings.